The molecule has 0 amide bonds. The van der Waals surface area contributed by atoms with E-state index in [4.69, 9.17) is 10.5 Å². The van der Waals surface area contributed by atoms with Crippen LogP contribution in [0.4, 0.5) is 0 Å². The minimum absolute atomic E-state index is 0.224. The predicted octanol–water partition coefficient (Wildman–Crippen LogP) is 2.93. The van der Waals surface area contributed by atoms with Crippen molar-refractivity contribution in [3.63, 3.8) is 0 Å². The molecule has 0 atom stereocenters. The van der Waals surface area contributed by atoms with Gasteiger partial charge in [0.2, 0.25) is 0 Å². The summed E-state index contributed by atoms with van der Waals surface area (Å²) >= 11 is 0. The first-order chi connectivity index (χ1) is 8.96. The lowest BCUT2D eigenvalue weighted by Crippen LogP contribution is -2.45. The molecule has 1 aromatic rings. The second-order valence-corrected chi connectivity index (χ2v) is 5.69. The number of methoxy groups -OCH3 is 1. The zero-order valence-corrected chi connectivity index (χ0v) is 12.3. The Labute approximate surface area is 115 Å². The number of benzene rings is 1. The summed E-state index contributed by atoms with van der Waals surface area (Å²) in [5.74, 6) is 1.07. The second-order valence-electron chi connectivity index (χ2n) is 5.69. The Morgan fingerprint density at radius 1 is 1.32 bits per heavy atom. The molecule has 1 saturated carbocycles. The number of hydrogen-bond donors (Lipinski definition) is 1. The molecular weight excluding hydrogens is 238 g/mol. The van der Waals surface area contributed by atoms with E-state index in [0.29, 0.717) is 6.54 Å². The quantitative estimate of drug-likeness (QED) is 0.848. The summed E-state index contributed by atoms with van der Waals surface area (Å²) in [5, 5.41) is 0. The first-order valence-electron chi connectivity index (χ1n) is 6.86. The van der Waals surface area contributed by atoms with E-state index in [2.05, 4.69) is 0 Å². The molecule has 1 aliphatic rings. The maximum atomic E-state index is 12.9. The summed E-state index contributed by atoms with van der Waals surface area (Å²) in [6, 6.07) is 1.96. The zero-order chi connectivity index (χ0) is 14.2. The van der Waals surface area contributed by atoms with Gasteiger partial charge >= 0.3 is 0 Å². The van der Waals surface area contributed by atoms with E-state index < -0.39 is 0 Å². The Kier molecular flexibility index (Phi) is 3.68. The minimum atomic E-state index is -0.309. The van der Waals surface area contributed by atoms with Gasteiger partial charge in [0, 0.05) is 17.5 Å². The van der Waals surface area contributed by atoms with Crippen LogP contribution >= 0.6 is 0 Å². The van der Waals surface area contributed by atoms with Crippen molar-refractivity contribution in [3.05, 3.63) is 28.3 Å². The van der Waals surface area contributed by atoms with E-state index in [1.165, 1.54) is 0 Å². The molecule has 0 bridgehead atoms. The number of nitrogens with two attached hydrogens (primary N) is 1. The normalized spacial score (nSPS) is 16.9. The number of ether oxygens (including phenoxy) is 1. The second kappa shape index (κ2) is 4.97. The number of ketones is 1. The van der Waals surface area contributed by atoms with Crippen molar-refractivity contribution in [1.29, 1.82) is 0 Å². The third-order valence-electron chi connectivity index (χ3n) is 4.68. The van der Waals surface area contributed by atoms with Crippen LogP contribution in [0, 0.1) is 26.2 Å². The van der Waals surface area contributed by atoms with Crippen molar-refractivity contribution in [3.8, 4) is 5.75 Å². The van der Waals surface area contributed by atoms with Crippen molar-refractivity contribution < 1.29 is 9.53 Å². The molecular formula is C16H23NO2. The summed E-state index contributed by atoms with van der Waals surface area (Å²) < 4.78 is 5.36. The highest BCUT2D eigenvalue weighted by Gasteiger charge is 2.44. The van der Waals surface area contributed by atoms with E-state index in [-0.39, 0.29) is 11.2 Å². The van der Waals surface area contributed by atoms with Crippen LogP contribution in [0.2, 0.25) is 0 Å². The van der Waals surface area contributed by atoms with Crippen LogP contribution < -0.4 is 10.5 Å². The maximum absolute atomic E-state index is 12.9. The summed E-state index contributed by atoms with van der Waals surface area (Å²) in [6.45, 7) is 6.43. The Hall–Kier alpha value is -1.35. The van der Waals surface area contributed by atoms with Gasteiger partial charge < -0.3 is 10.5 Å². The average Bonchev–Trinajstić information content (AvgIpc) is 2.33. The van der Waals surface area contributed by atoms with Gasteiger partial charge in [-0.2, -0.15) is 0 Å². The molecule has 0 aromatic heterocycles. The Morgan fingerprint density at radius 2 is 1.95 bits per heavy atom. The van der Waals surface area contributed by atoms with E-state index in [1.807, 2.05) is 26.8 Å². The summed E-state index contributed by atoms with van der Waals surface area (Å²) in [4.78, 5) is 12.9. The van der Waals surface area contributed by atoms with Gasteiger partial charge in [0.25, 0.3) is 0 Å². The van der Waals surface area contributed by atoms with Gasteiger partial charge in [-0.05, 0) is 56.4 Å². The smallest absolute Gasteiger partial charge is 0.170 e. The molecule has 3 heteroatoms. The highest BCUT2D eigenvalue weighted by molar-refractivity contribution is 6.04. The van der Waals surface area contributed by atoms with Gasteiger partial charge in [0.1, 0.15) is 5.75 Å². The molecule has 0 radical (unpaired) electrons. The Morgan fingerprint density at radius 3 is 2.37 bits per heavy atom. The van der Waals surface area contributed by atoms with Crippen LogP contribution in [0.15, 0.2) is 6.07 Å². The largest absolute Gasteiger partial charge is 0.496 e. The third kappa shape index (κ3) is 2.06. The molecule has 3 nitrogen and oxygen atoms in total. The first-order valence-corrected chi connectivity index (χ1v) is 6.86. The summed E-state index contributed by atoms with van der Waals surface area (Å²) in [5.41, 5.74) is 9.46. The molecule has 2 N–H and O–H groups in total. The molecule has 0 spiro atoms. The summed E-state index contributed by atoms with van der Waals surface area (Å²) in [6.07, 6.45) is 2.95. The van der Waals surface area contributed by atoms with Crippen molar-refractivity contribution in [1.82, 2.24) is 0 Å². The number of hydrogen-bond acceptors (Lipinski definition) is 3. The van der Waals surface area contributed by atoms with Crippen LogP contribution in [0.5, 0.6) is 5.75 Å². The maximum Gasteiger partial charge on any atom is 0.170 e. The van der Waals surface area contributed by atoms with E-state index in [1.54, 1.807) is 7.11 Å². The fourth-order valence-electron chi connectivity index (χ4n) is 3.00. The van der Waals surface area contributed by atoms with Gasteiger partial charge in [0.05, 0.1) is 7.11 Å². The van der Waals surface area contributed by atoms with Crippen molar-refractivity contribution in [2.24, 2.45) is 11.1 Å². The monoisotopic (exact) mass is 261 g/mol. The van der Waals surface area contributed by atoms with E-state index >= 15 is 0 Å². The van der Waals surface area contributed by atoms with Crippen LogP contribution in [-0.4, -0.2) is 19.4 Å². The molecule has 19 heavy (non-hydrogen) atoms. The summed E-state index contributed by atoms with van der Waals surface area (Å²) in [7, 11) is 1.66. The molecule has 0 saturated heterocycles. The third-order valence-corrected chi connectivity index (χ3v) is 4.68. The highest BCUT2D eigenvalue weighted by Crippen LogP contribution is 2.44. The highest BCUT2D eigenvalue weighted by atomic mass is 16.5. The fourth-order valence-corrected chi connectivity index (χ4v) is 3.00. The zero-order valence-electron chi connectivity index (χ0n) is 12.3. The van der Waals surface area contributed by atoms with Crippen LogP contribution in [-0.2, 0) is 0 Å². The molecule has 0 heterocycles. The minimum Gasteiger partial charge on any atom is -0.496 e. The lowest BCUT2D eigenvalue weighted by Gasteiger charge is -2.40. The molecule has 0 unspecified atom stereocenters. The SMILES string of the molecule is COc1cc(C)c(C(=O)C2(CN)CCC2)c(C)c1C. The number of Topliss-reactive ketones (excluding diaryl/α,β-unsaturated/α-hetero) is 1. The van der Waals surface area contributed by atoms with Gasteiger partial charge in [-0.3, -0.25) is 4.79 Å². The van der Waals surface area contributed by atoms with Gasteiger partial charge in [-0.15, -0.1) is 0 Å². The lowest BCUT2D eigenvalue weighted by atomic mass is 9.63. The molecule has 0 aliphatic heterocycles. The van der Waals surface area contributed by atoms with E-state index in [9.17, 15) is 4.79 Å². The number of carbonyl (C=O) groups is 1. The van der Waals surface area contributed by atoms with Crippen LogP contribution in [0.1, 0.15) is 46.3 Å². The molecule has 2 rings (SSSR count). The molecule has 104 valence electrons. The van der Waals surface area contributed by atoms with Crippen molar-refractivity contribution >= 4 is 5.78 Å². The fraction of sp³-hybridized carbons (Fsp3) is 0.562. The Balaban J connectivity index is 2.51. The van der Waals surface area contributed by atoms with Crippen LogP contribution in [0.3, 0.4) is 0 Å². The van der Waals surface area contributed by atoms with Gasteiger partial charge in [-0.25, -0.2) is 0 Å². The number of carbonyl (C=O) groups excluding carboxylic acids is 1. The molecule has 1 fully saturated rings. The molecule has 1 aliphatic carbocycles. The predicted molar refractivity (Wildman–Crippen MR) is 76.9 cm³/mol. The topological polar surface area (TPSA) is 52.3 Å². The van der Waals surface area contributed by atoms with Crippen molar-refractivity contribution in [2.45, 2.75) is 40.0 Å². The average molecular weight is 261 g/mol. The van der Waals surface area contributed by atoms with E-state index in [0.717, 1.165) is 47.3 Å². The lowest BCUT2D eigenvalue weighted by molar-refractivity contribution is 0.0634. The van der Waals surface area contributed by atoms with Crippen LogP contribution in [0.25, 0.3) is 0 Å². The first kappa shape index (κ1) is 14.1. The number of rotatable bonds is 4. The van der Waals surface area contributed by atoms with Crippen molar-refractivity contribution in [2.75, 3.05) is 13.7 Å². The van der Waals surface area contributed by atoms with Gasteiger partial charge in [-0.1, -0.05) is 6.42 Å². The van der Waals surface area contributed by atoms with Gasteiger partial charge in [0.15, 0.2) is 5.78 Å². The Bertz CT molecular complexity index is 510. The number of aryl methyl sites for hydroxylation is 1. The standard InChI is InChI=1S/C16H23NO2/c1-10-8-13(19-4)11(2)12(3)14(10)15(18)16(9-17)6-5-7-16/h8H,5-7,9,17H2,1-4H3. The molecule has 1 aromatic carbocycles.